The number of fused-ring (bicyclic) bond motifs is 2. The van der Waals surface area contributed by atoms with Gasteiger partial charge in [0.05, 0.1) is 25.6 Å². The maximum Gasteiger partial charge on any atom is 0.310 e. The van der Waals surface area contributed by atoms with Gasteiger partial charge in [0.1, 0.15) is 23.9 Å². The molecule has 46 heavy (non-hydrogen) atoms. The molecule has 2 heterocycles. The van der Waals surface area contributed by atoms with Gasteiger partial charge in [0.25, 0.3) is 5.97 Å². The molecule has 2 unspecified atom stereocenters. The smallest absolute Gasteiger partial charge is 0.310 e. The van der Waals surface area contributed by atoms with Gasteiger partial charge in [0, 0.05) is 18.3 Å². The highest BCUT2D eigenvalue weighted by Crippen LogP contribution is 2.68. The van der Waals surface area contributed by atoms with E-state index in [4.69, 9.17) is 23.7 Å². The summed E-state index contributed by atoms with van der Waals surface area (Å²) in [7, 11) is 1.44. The van der Waals surface area contributed by atoms with Crippen molar-refractivity contribution in [2.24, 2.45) is 17.8 Å². The monoisotopic (exact) mass is 628 g/mol. The number of ketones is 1. The molecule has 0 amide bonds. The summed E-state index contributed by atoms with van der Waals surface area (Å²) in [6.07, 6.45) is 4.13. The van der Waals surface area contributed by atoms with Gasteiger partial charge in [-0.2, -0.15) is 0 Å². The van der Waals surface area contributed by atoms with Crippen LogP contribution in [0.4, 0.5) is 0 Å². The van der Waals surface area contributed by atoms with Crippen LogP contribution in [0.1, 0.15) is 44.7 Å². The van der Waals surface area contributed by atoms with Crippen LogP contribution in [-0.2, 0) is 41.4 Å². The summed E-state index contributed by atoms with van der Waals surface area (Å²) in [5.74, 6) is -3.37. The van der Waals surface area contributed by atoms with Crippen LogP contribution in [-0.4, -0.2) is 64.6 Å². The Kier molecular flexibility index (Phi) is 7.14. The molecule has 2 aromatic rings. The minimum atomic E-state index is -1.80. The minimum absolute atomic E-state index is 0.0156. The van der Waals surface area contributed by atoms with Gasteiger partial charge in [-0.25, -0.2) is 0 Å². The predicted octanol–water partition coefficient (Wildman–Crippen LogP) is 4.74. The molecule has 0 aromatic heterocycles. The van der Waals surface area contributed by atoms with E-state index in [9.17, 15) is 19.8 Å². The molecule has 9 heteroatoms. The number of benzene rings is 2. The molecule has 242 valence electrons. The normalized spacial score (nSPS) is 37.1. The number of carbonyl (C=O) groups is 2. The first kappa shape index (κ1) is 30.9. The summed E-state index contributed by atoms with van der Waals surface area (Å²) in [5, 5.41) is 22.3. The highest BCUT2D eigenvalue weighted by Gasteiger charge is 2.79. The zero-order chi connectivity index (χ0) is 32.6. The predicted molar refractivity (Wildman–Crippen MR) is 167 cm³/mol. The fraction of sp³-hybridized carbons (Fsp3) is 0.459. The van der Waals surface area contributed by atoms with Crippen LogP contribution in [0, 0.1) is 17.8 Å². The summed E-state index contributed by atoms with van der Waals surface area (Å²) in [6.45, 7) is 9.98. The number of aromatic hydroxyl groups is 1. The molecule has 2 saturated heterocycles. The summed E-state index contributed by atoms with van der Waals surface area (Å²) < 4.78 is 31.8. The van der Waals surface area contributed by atoms with Crippen molar-refractivity contribution in [2.75, 3.05) is 13.7 Å². The van der Waals surface area contributed by atoms with E-state index in [0.29, 0.717) is 29.6 Å². The van der Waals surface area contributed by atoms with Crippen molar-refractivity contribution < 1.29 is 43.5 Å². The van der Waals surface area contributed by atoms with Crippen LogP contribution in [0.25, 0.3) is 0 Å². The molecule has 1 saturated carbocycles. The van der Waals surface area contributed by atoms with Gasteiger partial charge in [0.15, 0.2) is 17.3 Å². The first-order valence-corrected chi connectivity index (χ1v) is 15.8. The second-order valence-corrected chi connectivity index (χ2v) is 13.7. The zero-order valence-electron chi connectivity index (χ0n) is 26.6. The number of hydrogen-bond donors (Lipinski definition) is 2. The summed E-state index contributed by atoms with van der Waals surface area (Å²) >= 11 is 0. The minimum Gasteiger partial charge on any atom is -0.504 e. The first-order valence-electron chi connectivity index (χ1n) is 15.8. The lowest BCUT2D eigenvalue weighted by Crippen LogP contribution is -2.70. The lowest BCUT2D eigenvalue weighted by molar-refractivity contribution is -0.421. The molecule has 5 aliphatic rings. The van der Waals surface area contributed by atoms with E-state index >= 15 is 0 Å². The van der Waals surface area contributed by atoms with Gasteiger partial charge < -0.3 is 33.9 Å². The third-order valence-corrected chi connectivity index (χ3v) is 10.7. The average Bonchev–Trinajstić information content (AvgIpc) is 3.32. The van der Waals surface area contributed by atoms with Gasteiger partial charge in [-0.1, -0.05) is 62.1 Å². The Morgan fingerprint density at radius 1 is 1.11 bits per heavy atom. The average molecular weight is 629 g/mol. The van der Waals surface area contributed by atoms with Crippen molar-refractivity contribution in [1.29, 1.82) is 0 Å². The number of rotatable bonds is 8. The molecule has 8 atom stereocenters. The van der Waals surface area contributed by atoms with Gasteiger partial charge in [-0.05, 0) is 66.2 Å². The Labute approximate surface area is 268 Å². The van der Waals surface area contributed by atoms with Crippen molar-refractivity contribution >= 4 is 11.8 Å². The third-order valence-electron chi connectivity index (χ3n) is 10.7. The topological polar surface area (TPSA) is 121 Å². The lowest BCUT2D eigenvalue weighted by Gasteiger charge is -2.59. The molecule has 2 aliphatic heterocycles. The van der Waals surface area contributed by atoms with Gasteiger partial charge in [-0.15, -0.1) is 0 Å². The highest BCUT2D eigenvalue weighted by molar-refractivity contribution is 6.04. The van der Waals surface area contributed by atoms with E-state index in [1.165, 1.54) is 13.2 Å². The first-order chi connectivity index (χ1) is 21.9. The van der Waals surface area contributed by atoms with E-state index in [1.807, 2.05) is 49.4 Å². The molecule has 3 fully saturated rings. The zero-order valence-corrected chi connectivity index (χ0v) is 26.6. The van der Waals surface area contributed by atoms with Crippen molar-refractivity contribution in [1.82, 2.24) is 0 Å². The standard InChI is InChI=1S/C37H40O9/c1-21(2)35-17-23(4)37-27(33(35)44-36(45-35,46-37)19-24-9-7-6-8-10-24)14-26(18-34(41)30(37)13-22(3)32(34)40)20-43-31(39)16-25-11-12-28(38)29(15-25)42-5/h6-15,23,27,30,33,38,41H,1,16-20H2,2-5H3/t23-,27+,30-,33-,34-,35?,36?,37-/m1/s1. The Bertz CT molecular complexity index is 1680. The van der Waals surface area contributed by atoms with Crippen LogP contribution in [0.2, 0.25) is 0 Å². The Hall–Kier alpha value is -3.76. The number of aliphatic hydroxyl groups is 1. The molecule has 3 aliphatic carbocycles. The Balaban J connectivity index is 1.27. The second-order valence-electron chi connectivity index (χ2n) is 13.7. The quantitative estimate of drug-likeness (QED) is 0.315. The fourth-order valence-electron chi connectivity index (χ4n) is 8.71. The van der Waals surface area contributed by atoms with Crippen molar-refractivity contribution in [3.05, 3.63) is 95.1 Å². The molecule has 0 radical (unpaired) electrons. The number of phenolic OH excluding ortho intramolecular Hbond substituents is 1. The van der Waals surface area contributed by atoms with Gasteiger partial charge in [-0.3, -0.25) is 9.59 Å². The van der Waals surface area contributed by atoms with E-state index in [-0.39, 0.29) is 42.6 Å². The number of esters is 1. The molecule has 7 rings (SSSR count). The second kappa shape index (κ2) is 10.6. The SMILES string of the molecule is C=C(C)C12C[C@@H](C)[C@@]34OC(Cc5ccccc5)(O[C@@H]1[C@@H]3C=C(COC(=O)Cc1ccc(O)c(OC)c1)C[C@]1(O)C(=O)C(C)=C[C@@H]41)O2. The highest BCUT2D eigenvalue weighted by atomic mass is 16.9. The Morgan fingerprint density at radius 2 is 1.87 bits per heavy atom. The largest absolute Gasteiger partial charge is 0.504 e. The molecular weight excluding hydrogens is 588 g/mol. The number of hydrogen-bond acceptors (Lipinski definition) is 9. The third kappa shape index (κ3) is 4.43. The van der Waals surface area contributed by atoms with Crippen LogP contribution < -0.4 is 4.74 Å². The Morgan fingerprint density at radius 3 is 2.59 bits per heavy atom. The number of ether oxygens (including phenoxy) is 5. The number of methoxy groups -OCH3 is 1. The number of phenols is 1. The molecular formula is C37H40O9. The summed E-state index contributed by atoms with van der Waals surface area (Å²) in [6, 6.07) is 14.5. The van der Waals surface area contributed by atoms with Crippen molar-refractivity contribution in [3.63, 3.8) is 0 Å². The van der Waals surface area contributed by atoms with E-state index in [0.717, 1.165) is 11.1 Å². The van der Waals surface area contributed by atoms with Crippen LogP contribution in [0.3, 0.4) is 0 Å². The lowest BCUT2D eigenvalue weighted by atomic mass is 9.55. The maximum absolute atomic E-state index is 13.8. The number of carbonyl (C=O) groups excluding carboxylic acids is 2. The molecule has 3 bridgehead atoms. The van der Waals surface area contributed by atoms with Crippen LogP contribution in [0.5, 0.6) is 11.5 Å². The van der Waals surface area contributed by atoms with Crippen LogP contribution >= 0.6 is 0 Å². The van der Waals surface area contributed by atoms with Crippen LogP contribution in [0.15, 0.2) is 84.0 Å². The summed E-state index contributed by atoms with van der Waals surface area (Å²) in [5.41, 5.74) is -0.241. The van der Waals surface area contributed by atoms with E-state index < -0.39 is 46.7 Å². The van der Waals surface area contributed by atoms with Crippen molar-refractivity contribution in [3.8, 4) is 11.5 Å². The van der Waals surface area contributed by atoms with Gasteiger partial charge in [0.2, 0.25) is 0 Å². The summed E-state index contributed by atoms with van der Waals surface area (Å²) in [4.78, 5) is 26.8. The molecule has 2 N–H and O–H groups in total. The van der Waals surface area contributed by atoms with E-state index in [2.05, 4.69) is 13.5 Å². The molecule has 9 nitrogen and oxygen atoms in total. The fourth-order valence-corrected chi connectivity index (χ4v) is 8.71. The van der Waals surface area contributed by atoms with E-state index in [1.54, 1.807) is 19.1 Å². The molecule has 2 aromatic carbocycles. The van der Waals surface area contributed by atoms with Gasteiger partial charge >= 0.3 is 5.97 Å². The van der Waals surface area contributed by atoms with Crippen molar-refractivity contribution in [2.45, 2.75) is 75.3 Å². The maximum atomic E-state index is 13.8. The number of Topliss-reactive ketones (excluding diaryl/α,β-unsaturated/α-hetero) is 1. The molecule has 0 spiro atoms.